The monoisotopic (exact) mass is 467 g/mol. The molecule has 1 N–H and O–H groups in total. The second-order valence-corrected chi connectivity index (χ2v) is 9.32. The second kappa shape index (κ2) is 8.85. The third-order valence-corrected chi connectivity index (χ3v) is 7.06. The normalized spacial score (nSPS) is 14.9. The molecule has 12 heteroatoms. The predicted octanol–water partition coefficient (Wildman–Crippen LogP) is 1.43. The number of benzene rings is 1. The molecule has 0 aliphatic carbocycles. The third-order valence-electron chi connectivity index (χ3n) is 5.81. The first-order valence-electron chi connectivity index (χ1n) is 10.9. The van der Waals surface area contributed by atoms with Gasteiger partial charge in [-0.3, -0.25) is 14.3 Å². The van der Waals surface area contributed by atoms with Gasteiger partial charge < -0.3 is 9.47 Å². The van der Waals surface area contributed by atoms with Gasteiger partial charge in [0.2, 0.25) is 11.1 Å². The minimum Gasteiger partial charge on any atom is -0.342 e. The predicted molar refractivity (Wildman–Crippen MR) is 126 cm³/mol. The van der Waals surface area contributed by atoms with Crippen LogP contribution in [0.25, 0.3) is 16.9 Å². The van der Waals surface area contributed by atoms with E-state index in [4.69, 9.17) is 4.98 Å². The number of rotatable bonds is 7. The fourth-order valence-electron chi connectivity index (χ4n) is 4.14. The topological polar surface area (TPSA) is 120 Å². The van der Waals surface area contributed by atoms with Gasteiger partial charge in [0.25, 0.3) is 5.56 Å². The fourth-order valence-corrected chi connectivity index (χ4v) is 5.03. The number of anilines is 1. The molecular formula is C21H25N9O2S. The van der Waals surface area contributed by atoms with Gasteiger partial charge in [-0.25, -0.2) is 4.79 Å². The zero-order chi connectivity index (χ0) is 22.9. The minimum atomic E-state index is -0.457. The molecule has 1 aromatic carbocycles. The maximum Gasteiger partial charge on any atom is 0.329 e. The summed E-state index contributed by atoms with van der Waals surface area (Å²) in [6, 6.07) is 9.76. The maximum atomic E-state index is 12.7. The van der Waals surface area contributed by atoms with Crippen LogP contribution in [0.4, 0.5) is 5.95 Å². The first-order valence-corrected chi connectivity index (χ1v) is 11.9. The van der Waals surface area contributed by atoms with E-state index in [1.807, 2.05) is 34.9 Å². The zero-order valence-corrected chi connectivity index (χ0v) is 19.3. The van der Waals surface area contributed by atoms with Crippen molar-refractivity contribution in [3.63, 3.8) is 0 Å². The Morgan fingerprint density at radius 1 is 1.15 bits per heavy atom. The highest BCUT2D eigenvalue weighted by Gasteiger charge is 2.24. The number of hydrogen-bond donors (Lipinski definition) is 1. The highest BCUT2D eigenvalue weighted by Crippen LogP contribution is 2.26. The van der Waals surface area contributed by atoms with Crippen LogP contribution in [0.1, 0.15) is 19.8 Å². The molecule has 0 spiro atoms. The molecule has 33 heavy (non-hydrogen) atoms. The van der Waals surface area contributed by atoms with Crippen LogP contribution in [0, 0.1) is 5.92 Å². The molecule has 0 amide bonds. The first kappa shape index (κ1) is 21.4. The number of H-pyrrole nitrogens is 1. The van der Waals surface area contributed by atoms with Crippen molar-refractivity contribution >= 4 is 28.9 Å². The number of tetrazole rings is 1. The number of fused-ring (bicyclic) bond motifs is 1. The van der Waals surface area contributed by atoms with Gasteiger partial charge in [0, 0.05) is 32.4 Å². The van der Waals surface area contributed by atoms with Crippen molar-refractivity contribution in [2.24, 2.45) is 13.0 Å². The third kappa shape index (κ3) is 4.06. The van der Waals surface area contributed by atoms with E-state index in [-0.39, 0.29) is 5.92 Å². The Balaban J connectivity index is 1.42. The summed E-state index contributed by atoms with van der Waals surface area (Å²) in [6.07, 6.45) is 2.18. The Kier molecular flexibility index (Phi) is 5.75. The quantitative estimate of drug-likeness (QED) is 0.406. The molecule has 0 radical (unpaired) electrons. The lowest BCUT2D eigenvalue weighted by Gasteiger charge is -2.20. The summed E-state index contributed by atoms with van der Waals surface area (Å²) in [6.45, 7) is 4.50. The lowest BCUT2D eigenvalue weighted by atomic mass is 10.2. The van der Waals surface area contributed by atoms with E-state index < -0.39 is 11.2 Å². The highest BCUT2D eigenvalue weighted by atomic mass is 32.2. The number of para-hydroxylation sites is 1. The van der Waals surface area contributed by atoms with Gasteiger partial charge >= 0.3 is 5.69 Å². The smallest absolute Gasteiger partial charge is 0.329 e. The van der Waals surface area contributed by atoms with E-state index in [0.717, 1.165) is 43.3 Å². The summed E-state index contributed by atoms with van der Waals surface area (Å²) < 4.78 is 5.09. The van der Waals surface area contributed by atoms with E-state index in [0.29, 0.717) is 22.9 Å². The molecule has 1 aliphatic heterocycles. The van der Waals surface area contributed by atoms with Crippen LogP contribution in [-0.2, 0) is 13.6 Å². The lowest BCUT2D eigenvalue weighted by molar-refractivity contribution is 0.536. The zero-order valence-electron chi connectivity index (χ0n) is 18.5. The van der Waals surface area contributed by atoms with Crippen LogP contribution in [0.3, 0.4) is 0 Å². The van der Waals surface area contributed by atoms with Crippen LogP contribution in [-0.4, -0.2) is 58.2 Å². The molecule has 5 rings (SSSR count). The molecule has 1 fully saturated rings. The van der Waals surface area contributed by atoms with Crippen molar-refractivity contribution in [1.29, 1.82) is 0 Å². The van der Waals surface area contributed by atoms with Gasteiger partial charge in [-0.15, -0.1) is 5.10 Å². The van der Waals surface area contributed by atoms with Gasteiger partial charge in [0.05, 0.1) is 5.69 Å². The van der Waals surface area contributed by atoms with Crippen LogP contribution in [0.5, 0.6) is 0 Å². The van der Waals surface area contributed by atoms with Crippen molar-refractivity contribution < 1.29 is 0 Å². The first-order chi connectivity index (χ1) is 16.0. The standard InChI is InChI=1S/C21H25N9O2S/c1-14(13-33-21-24-25-26-30(21)15-8-4-3-5-9-15)12-29-16-17(27(2)20(32)23-18(16)31)22-19(29)28-10-6-7-11-28/h3-5,8-9,14H,6-7,10-13H2,1-2H3,(H,23,31,32)/t14-/m1/s1. The lowest BCUT2D eigenvalue weighted by Crippen LogP contribution is -2.30. The molecule has 1 aliphatic rings. The molecule has 0 bridgehead atoms. The molecule has 0 unspecified atom stereocenters. The average molecular weight is 468 g/mol. The molecule has 4 heterocycles. The Hall–Kier alpha value is -3.41. The average Bonchev–Trinajstić information content (AvgIpc) is 3.56. The van der Waals surface area contributed by atoms with Gasteiger partial charge in [-0.05, 0) is 41.3 Å². The van der Waals surface area contributed by atoms with Crippen LogP contribution in [0.15, 0.2) is 45.1 Å². The van der Waals surface area contributed by atoms with E-state index >= 15 is 0 Å². The van der Waals surface area contributed by atoms with Gasteiger partial charge in [-0.2, -0.15) is 9.67 Å². The van der Waals surface area contributed by atoms with E-state index in [1.165, 1.54) is 4.57 Å². The van der Waals surface area contributed by atoms with E-state index in [2.05, 4.69) is 32.3 Å². The molecule has 172 valence electrons. The second-order valence-electron chi connectivity index (χ2n) is 8.33. The Morgan fingerprint density at radius 3 is 2.67 bits per heavy atom. The number of imidazole rings is 1. The summed E-state index contributed by atoms with van der Waals surface area (Å²) in [4.78, 5) is 34.2. The van der Waals surface area contributed by atoms with Gasteiger partial charge in [0.15, 0.2) is 11.2 Å². The van der Waals surface area contributed by atoms with E-state index in [9.17, 15) is 9.59 Å². The van der Waals surface area contributed by atoms with E-state index in [1.54, 1.807) is 23.5 Å². The largest absolute Gasteiger partial charge is 0.342 e. The van der Waals surface area contributed by atoms with Crippen LogP contribution < -0.4 is 16.1 Å². The SMILES string of the molecule is C[C@@H](CSc1nnnn1-c1ccccc1)Cn1c(N2CCCC2)nc2c1c(=O)[nH]c(=O)n2C. The van der Waals surface area contributed by atoms with Crippen LogP contribution in [0.2, 0.25) is 0 Å². The molecule has 1 saturated heterocycles. The number of aromatic amines is 1. The number of nitrogens with zero attached hydrogens (tertiary/aromatic N) is 8. The molecule has 1 atom stereocenters. The minimum absolute atomic E-state index is 0.186. The molecule has 4 aromatic rings. The molecule has 11 nitrogen and oxygen atoms in total. The van der Waals surface area contributed by atoms with Crippen molar-refractivity contribution in [1.82, 2.24) is 39.3 Å². The van der Waals surface area contributed by atoms with Crippen LogP contribution >= 0.6 is 11.8 Å². The van der Waals surface area contributed by atoms with Crippen molar-refractivity contribution in [3.05, 3.63) is 51.2 Å². The van der Waals surface area contributed by atoms with Crippen molar-refractivity contribution in [2.75, 3.05) is 23.7 Å². The Morgan fingerprint density at radius 2 is 1.91 bits per heavy atom. The number of aryl methyl sites for hydroxylation is 1. The summed E-state index contributed by atoms with van der Waals surface area (Å²) in [7, 11) is 1.63. The van der Waals surface area contributed by atoms with Gasteiger partial charge in [0.1, 0.15) is 0 Å². The summed E-state index contributed by atoms with van der Waals surface area (Å²) >= 11 is 1.57. The maximum absolute atomic E-state index is 12.7. The van der Waals surface area contributed by atoms with Gasteiger partial charge in [-0.1, -0.05) is 36.9 Å². The summed E-state index contributed by atoms with van der Waals surface area (Å²) in [5.74, 6) is 1.68. The molecule has 3 aromatic heterocycles. The van der Waals surface area contributed by atoms with Crippen molar-refractivity contribution in [3.8, 4) is 5.69 Å². The highest BCUT2D eigenvalue weighted by molar-refractivity contribution is 7.99. The molecule has 0 saturated carbocycles. The molecular weight excluding hydrogens is 442 g/mol. The fraction of sp³-hybridized carbons (Fsp3) is 0.429. The van der Waals surface area contributed by atoms with Crippen molar-refractivity contribution in [2.45, 2.75) is 31.5 Å². The summed E-state index contributed by atoms with van der Waals surface area (Å²) in [5, 5.41) is 12.8. The number of hydrogen-bond acceptors (Lipinski definition) is 8. The summed E-state index contributed by atoms with van der Waals surface area (Å²) in [5.41, 5.74) is 0.894. The number of thioether (sulfide) groups is 1. The Labute approximate surface area is 193 Å². The Bertz CT molecular complexity index is 1380. The number of nitrogens with one attached hydrogen (secondary N) is 1. The number of aromatic nitrogens is 8.